The number of hydrogen-bond donors (Lipinski definition) is 0. The zero-order valence-corrected chi connectivity index (χ0v) is 18.8. The van der Waals surface area contributed by atoms with Crippen LogP contribution >= 0.6 is 11.6 Å². The number of ether oxygens (including phenoxy) is 2. The highest BCUT2D eigenvalue weighted by atomic mass is 35.5. The molecule has 1 fully saturated rings. The van der Waals surface area contributed by atoms with Gasteiger partial charge in [-0.15, -0.1) is 0 Å². The van der Waals surface area contributed by atoms with Gasteiger partial charge < -0.3 is 14.4 Å². The fourth-order valence-electron chi connectivity index (χ4n) is 4.36. The Morgan fingerprint density at radius 2 is 1.87 bits per heavy atom. The summed E-state index contributed by atoms with van der Waals surface area (Å²) in [5.41, 5.74) is 2.12. The standard InChI is InChI=1S/C25H28ClNO4/c1-17-5-7-20(8-6-17)30-13-3-4-23(29)27-11-9-25(10-12-27)16-22(28)21-15-19(26)14-18(2)24(21)31-25/h5-8,14-15H,3-4,9-13,16H2,1-2H3. The summed E-state index contributed by atoms with van der Waals surface area (Å²) in [6.07, 6.45) is 2.79. The Balaban J connectivity index is 1.27. The van der Waals surface area contributed by atoms with E-state index in [2.05, 4.69) is 0 Å². The van der Waals surface area contributed by atoms with Crippen LogP contribution in [0.15, 0.2) is 36.4 Å². The van der Waals surface area contributed by atoms with Gasteiger partial charge in [0.25, 0.3) is 0 Å². The number of rotatable bonds is 5. The summed E-state index contributed by atoms with van der Waals surface area (Å²) in [6, 6.07) is 11.4. The second-order valence-corrected chi connectivity index (χ2v) is 9.07. The maximum atomic E-state index is 12.8. The first-order valence-electron chi connectivity index (χ1n) is 10.8. The highest BCUT2D eigenvalue weighted by Gasteiger charge is 2.44. The molecule has 2 aromatic rings. The number of nitrogens with zero attached hydrogens (tertiary/aromatic N) is 1. The fraction of sp³-hybridized carbons (Fsp3) is 0.440. The van der Waals surface area contributed by atoms with Crippen molar-refractivity contribution in [2.75, 3.05) is 19.7 Å². The van der Waals surface area contributed by atoms with Gasteiger partial charge in [0.1, 0.15) is 17.1 Å². The van der Waals surface area contributed by atoms with Crippen LogP contribution in [0, 0.1) is 13.8 Å². The molecule has 6 heteroatoms. The summed E-state index contributed by atoms with van der Waals surface area (Å²) >= 11 is 6.11. The molecule has 1 amide bonds. The number of aryl methyl sites for hydroxylation is 2. The quantitative estimate of drug-likeness (QED) is 0.602. The lowest BCUT2D eigenvalue weighted by atomic mass is 9.82. The number of benzene rings is 2. The first kappa shape index (κ1) is 21.7. The van der Waals surface area contributed by atoms with Crippen molar-refractivity contribution < 1.29 is 19.1 Å². The van der Waals surface area contributed by atoms with E-state index in [0.717, 1.165) is 11.3 Å². The average molecular weight is 442 g/mol. The molecular formula is C25H28ClNO4. The van der Waals surface area contributed by atoms with Gasteiger partial charge in [-0.05, 0) is 50.1 Å². The first-order chi connectivity index (χ1) is 14.8. The van der Waals surface area contributed by atoms with E-state index in [1.165, 1.54) is 5.56 Å². The van der Waals surface area contributed by atoms with E-state index < -0.39 is 5.60 Å². The van der Waals surface area contributed by atoms with Crippen LogP contribution < -0.4 is 9.47 Å². The van der Waals surface area contributed by atoms with Crippen LogP contribution in [-0.4, -0.2) is 41.9 Å². The molecule has 164 valence electrons. The second-order valence-electron chi connectivity index (χ2n) is 8.63. The van der Waals surface area contributed by atoms with Crippen molar-refractivity contribution in [2.24, 2.45) is 0 Å². The number of ketones is 1. The summed E-state index contributed by atoms with van der Waals surface area (Å²) in [5, 5.41) is 0.552. The lowest BCUT2D eigenvalue weighted by Gasteiger charge is -2.44. The van der Waals surface area contributed by atoms with Crippen LogP contribution in [0.5, 0.6) is 11.5 Å². The van der Waals surface area contributed by atoms with E-state index in [4.69, 9.17) is 21.1 Å². The molecule has 0 N–H and O–H groups in total. The van der Waals surface area contributed by atoms with Crippen molar-refractivity contribution in [3.8, 4) is 11.5 Å². The predicted octanol–water partition coefficient (Wildman–Crippen LogP) is 5.14. The molecule has 0 saturated carbocycles. The third-order valence-corrected chi connectivity index (χ3v) is 6.41. The molecular weight excluding hydrogens is 414 g/mol. The molecule has 31 heavy (non-hydrogen) atoms. The third kappa shape index (κ3) is 4.87. The summed E-state index contributed by atoms with van der Waals surface area (Å²) in [7, 11) is 0. The number of halogens is 1. The maximum Gasteiger partial charge on any atom is 0.222 e. The molecule has 2 aliphatic heterocycles. The van der Waals surface area contributed by atoms with Crippen LogP contribution in [-0.2, 0) is 4.79 Å². The Morgan fingerprint density at radius 3 is 2.58 bits per heavy atom. The minimum Gasteiger partial charge on any atom is -0.494 e. The molecule has 2 heterocycles. The predicted molar refractivity (Wildman–Crippen MR) is 120 cm³/mol. The molecule has 4 rings (SSSR count). The maximum absolute atomic E-state index is 12.8. The third-order valence-electron chi connectivity index (χ3n) is 6.19. The summed E-state index contributed by atoms with van der Waals surface area (Å²) < 4.78 is 12.1. The van der Waals surface area contributed by atoms with Gasteiger partial charge in [-0.2, -0.15) is 0 Å². The van der Waals surface area contributed by atoms with Crippen LogP contribution in [0.1, 0.15) is 53.6 Å². The van der Waals surface area contributed by atoms with E-state index in [9.17, 15) is 9.59 Å². The number of carbonyl (C=O) groups is 2. The lowest BCUT2D eigenvalue weighted by Crippen LogP contribution is -2.52. The molecule has 2 aliphatic rings. The summed E-state index contributed by atoms with van der Waals surface area (Å²) in [5.74, 6) is 1.68. The molecule has 2 aromatic carbocycles. The molecule has 0 aromatic heterocycles. The van der Waals surface area contributed by atoms with Crippen LogP contribution in [0.4, 0.5) is 0 Å². The van der Waals surface area contributed by atoms with Gasteiger partial charge in [-0.1, -0.05) is 29.3 Å². The average Bonchev–Trinajstić information content (AvgIpc) is 2.74. The Morgan fingerprint density at radius 1 is 1.16 bits per heavy atom. The smallest absolute Gasteiger partial charge is 0.222 e. The Kier molecular flexibility index (Phi) is 6.24. The number of carbonyl (C=O) groups excluding carboxylic acids is 2. The van der Waals surface area contributed by atoms with E-state index in [1.807, 2.05) is 49.1 Å². The van der Waals surface area contributed by atoms with Crippen LogP contribution in [0.3, 0.4) is 0 Å². The number of likely N-dealkylation sites (tertiary alicyclic amines) is 1. The molecule has 0 aliphatic carbocycles. The van der Waals surface area contributed by atoms with Crippen molar-refractivity contribution in [2.45, 2.75) is 51.6 Å². The van der Waals surface area contributed by atoms with Crippen molar-refractivity contribution in [3.63, 3.8) is 0 Å². The Bertz CT molecular complexity index is 978. The monoisotopic (exact) mass is 441 g/mol. The topological polar surface area (TPSA) is 55.8 Å². The van der Waals surface area contributed by atoms with Crippen molar-refractivity contribution in [3.05, 3.63) is 58.1 Å². The van der Waals surface area contributed by atoms with Crippen molar-refractivity contribution >= 4 is 23.3 Å². The number of hydrogen-bond acceptors (Lipinski definition) is 4. The summed E-state index contributed by atoms with van der Waals surface area (Å²) in [4.78, 5) is 27.3. The molecule has 5 nitrogen and oxygen atoms in total. The van der Waals surface area contributed by atoms with E-state index >= 15 is 0 Å². The first-order valence-corrected chi connectivity index (χ1v) is 11.2. The van der Waals surface area contributed by atoms with Crippen LogP contribution in [0.25, 0.3) is 0 Å². The minimum atomic E-state index is -0.520. The van der Waals surface area contributed by atoms with Crippen LogP contribution in [0.2, 0.25) is 5.02 Å². The van der Waals surface area contributed by atoms with Gasteiger partial charge in [-0.25, -0.2) is 0 Å². The molecule has 0 bridgehead atoms. The molecule has 1 saturated heterocycles. The van der Waals surface area contributed by atoms with Crippen molar-refractivity contribution in [1.29, 1.82) is 0 Å². The number of Topliss-reactive ketones (excluding diaryl/α,β-unsaturated/α-hetero) is 1. The number of amides is 1. The van der Waals surface area contributed by atoms with Gasteiger partial charge in [0.15, 0.2) is 5.78 Å². The minimum absolute atomic E-state index is 0.0693. The normalized spacial score (nSPS) is 17.3. The SMILES string of the molecule is Cc1ccc(OCCCC(=O)N2CCC3(CC2)CC(=O)c2cc(Cl)cc(C)c2O3)cc1. The largest absolute Gasteiger partial charge is 0.494 e. The molecule has 0 unspecified atom stereocenters. The zero-order valence-electron chi connectivity index (χ0n) is 18.1. The second kappa shape index (κ2) is 8.91. The Hall–Kier alpha value is -2.53. The van der Waals surface area contributed by atoms with E-state index in [1.54, 1.807) is 6.07 Å². The van der Waals surface area contributed by atoms with Crippen molar-refractivity contribution in [1.82, 2.24) is 4.90 Å². The number of fused-ring (bicyclic) bond motifs is 1. The molecule has 0 radical (unpaired) electrons. The zero-order chi connectivity index (χ0) is 22.0. The fourth-order valence-corrected chi connectivity index (χ4v) is 4.63. The van der Waals surface area contributed by atoms with E-state index in [0.29, 0.717) is 68.1 Å². The summed E-state index contributed by atoms with van der Waals surface area (Å²) in [6.45, 7) is 5.67. The molecule has 1 spiro atoms. The molecule has 0 atom stereocenters. The van der Waals surface area contributed by atoms with Gasteiger partial charge in [0.2, 0.25) is 5.91 Å². The van der Waals surface area contributed by atoms with Gasteiger partial charge in [0, 0.05) is 37.4 Å². The van der Waals surface area contributed by atoms with Gasteiger partial charge in [0.05, 0.1) is 18.6 Å². The Labute approximate surface area is 188 Å². The van der Waals surface area contributed by atoms with Gasteiger partial charge >= 0.3 is 0 Å². The lowest BCUT2D eigenvalue weighted by molar-refractivity contribution is -0.135. The highest BCUT2D eigenvalue weighted by molar-refractivity contribution is 6.31. The number of piperidine rings is 1. The van der Waals surface area contributed by atoms with Gasteiger partial charge in [-0.3, -0.25) is 9.59 Å². The van der Waals surface area contributed by atoms with E-state index in [-0.39, 0.29) is 11.7 Å². The highest BCUT2D eigenvalue weighted by Crippen LogP contribution is 2.42.